The SMILES string of the molecule is CCOC(=O)[C@@H]1/C(=C\S(=O)(=O)c2ccc(C)cc2)NC(=O)N[C@@H]1c1cccc(OC)c1. The topological polar surface area (TPSA) is 111 Å². The number of aryl methyl sites for hydroxylation is 1. The van der Waals surface area contributed by atoms with Crippen LogP contribution in [-0.2, 0) is 19.4 Å². The minimum absolute atomic E-state index is 0.0546. The van der Waals surface area contributed by atoms with E-state index < -0.39 is 33.8 Å². The Morgan fingerprint density at radius 1 is 1.16 bits per heavy atom. The van der Waals surface area contributed by atoms with Crippen molar-refractivity contribution in [1.29, 1.82) is 0 Å². The molecule has 0 radical (unpaired) electrons. The predicted molar refractivity (Wildman–Crippen MR) is 114 cm³/mol. The van der Waals surface area contributed by atoms with Crippen LogP contribution in [0.3, 0.4) is 0 Å². The number of benzene rings is 2. The molecule has 2 aromatic carbocycles. The zero-order valence-corrected chi connectivity index (χ0v) is 18.2. The number of rotatable bonds is 6. The molecule has 0 spiro atoms. The Morgan fingerprint density at radius 3 is 2.52 bits per heavy atom. The van der Waals surface area contributed by atoms with E-state index in [-0.39, 0.29) is 17.2 Å². The van der Waals surface area contributed by atoms with Crippen LogP contribution in [0.5, 0.6) is 5.75 Å². The monoisotopic (exact) mass is 444 g/mol. The molecule has 1 saturated heterocycles. The lowest BCUT2D eigenvalue weighted by atomic mass is 9.89. The van der Waals surface area contributed by atoms with Gasteiger partial charge in [-0.25, -0.2) is 13.2 Å². The smallest absolute Gasteiger partial charge is 0.319 e. The Hall–Kier alpha value is -3.33. The highest BCUT2D eigenvalue weighted by atomic mass is 32.2. The van der Waals surface area contributed by atoms with Gasteiger partial charge < -0.3 is 20.1 Å². The molecule has 0 saturated carbocycles. The van der Waals surface area contributed by atoms with Gasteiger partial charge in [-0.05, 0) is 43.7 Å². The maximum Gasteiger partial charge on any atom is 0.319 e. The lowest BCUT2D eigenvalue weighted by Crippen LogP contribution is -2.51. The fraction of sp³-hybridized carbons (Fsp3) is 0.273. The van der Waals surface area contributed by atoms with Gasteiger partial charge >= 0.3 is 12.0 Å². The predicted octanol–water partition coefficient (Wildman–Crippen LogP) is 2.85. The summed E-state index contributed by atoms with van der Waals surface area (Å²) in [6.45, 7) is 3.60. The zero-order valence-electron chi connectivity index (χ0n) is 17.4. The second-order valence-electron chi connectivity index (χ2n) is 7.01. The van der Waals surface area contributed by atoms with E-state index in [4.69, 9.17) is 9.47 Å². The van der Waals surface area contributed by atoms with Crippen LogP contribution in [0.4, 0.5) is 4.79 Å². The van der Waals surface area contributed by atoms with Gasteiger partial charge in [0.2, 0.25) is 9.84 Å². The summed E-state index contributed by atoms with van der Waals surface area (Å²) in [5, 5.41) is 6.09. The number of carbonyl (C=O) groups is 2. The normalized spacial score (nSPS) is 20.0. The average Bonchev–Trinajstić information content (AvgIpc) is 2.73. The maximum absolute atomic E-state index is 13.0. The number of hydrogen-bond acceptors (Lipinski definition) is 6. The first kappa shape index (κ1) is 22.4. The fourth-order valence-electron chi connectivity index (χ4n) is 3.32. The summed E-state index contributed by atoms with van der Waals surface area (Å²) >= 11 is 0. The first-order chi connectivity index (χ1) is 14.7. The quantitative estimate of drug-likeness (QED) is 0.663. The first-order valence-electron chi connectivity index (χ1n) is 9.66. The van der Waals surface area contributed by atoms with Crippen molar-refractivity contribution in [3.8, 4) is 5.75 Å². The molecule has 0 aliphatic carbocycles. The highest BCUT2D eigenvalue weighted by Crippen LogP contribution is 2.33. The van der Waals surface area contributed by atoms with E-state index in [1.807, 2.05) is 6.92 Å². The van der Waals surface area contributed by atoms with Crippen LogP contribution in [-0.4, -0.2) is 34.1 Å². The number of hydrogen-bond donors (Lipinski definition) is 2. The molecule has 1 aliphatic heterocycles. The van der Waals surface area contributed by atoms with Gasteiger partial charge in [0, 0.05) is 5.70 Å². The van der Waals surface area contributed by atoms with E-state index in [2.05, 4.69) is 10.6 Å². The van der Waals surface area contributed by atoms with Crippen molar-refractivity contribution in [2.24, 2.45) is 5.92 Å². The number of sulfone groups is 1. The van der Waals surface area contributed by atoms with Crippen LogP contribution in [0.2, 0.25) is 0 Å². The van der Waals surface area contributed by atoms with Crippen LogP contribution in [0.1, 0.15) is 24.1 Å². The van der Waals surface area contributed by atoms with E-state index in [1.54, 1.807) is 43.3 Å². The van der Waals surface area contributed by atoms with E-state index >= 15 is 0 Å². The average molecular weight is 445 g/mol. The third-order valence-electron chi connectivity index (χ3n) is 4.84. The third kappa shape index (κ3) is 5.05. The van der Waals surface area contributed by atoms with E-state index in [1.165, 1.54) is 19.2 Å². The molecular formula is C22H24N2O6S. The standard InChI is InChI=1S/C22H24N2O6S/c1-4-30-21(25)19-18(13-31(27,28)17-10-8-14(2)9-11-17)23-22(26)24-20(19)15-6-5-7-16(12-15)29-3/h5-13,19-20H,4H2,1-3H3,(H2,23,24,26)/b18-13+/t19-,20-/m1/s1. The summed E-state index contributed by atoms with van der Waals surface area (Å²) in [5.74, 6) is -1.22. The molecule has 164 valence electrons. The van der Waals surface area contributed by atoms with Gasteiger partial charge in [0.15, 0.2) is 0 Å². The number of urea groups is 1. The Bertz CT molecular complexity index is 1110. The van der Waals surface area contributed by atoms with E-state index in [0.29, 0.717) is 11.3 Å². The second kappa shape index (κ2) is 9.22. The van der Waals surface area contributed by atoms with Crippen molar-refractivity contribution in [2.45, 2.75) is 24.8 Å². The molecule has 31 heavy (non-hydrogen) atoms. The summed E-state index contributed by atoms with van der Waals surface area (Å²) in [6, 6.07) is 11.7. The minimum Gasteiger partial charge on any atom is -0.497 e. The lowest BCUT2D eigenvalue weighted by molar-refractivity contribution is -0.147. The fourth-order valence-corrected chi connectivity index (χ4v) is 4.51. The molecule has 0 bridgehead atoms. The van der Waals surface area contributed by atoms with Gasteiger partial charge in [-0.1, -0.05) is 29.8 Å². The molecule has 0 aromatic heterocycles. The van der Waals surface area contributed by atoms with Crippen molar-refractivity contribution in [1.82, 2.24) is 10.6 Å². The van der Waals surface area contributed by atoms with Crippen LogP contribution in [0.25, 0.3) is 0 Å². The molecule has 2 atom stereocenters. The zero-order chi connectivity index (χ0) is 22.6. The van der Waals surface area contributed by atoms with Crippen LogP contribution < -0.4 is 15.4 Å². The Kier molecular flexibility index (Phi) is 6.65. The maximum atomic E-state index is 13.0. The summed E-state index contributed by atoms with van der Waals surface area (Å²) < 4.78 is 36.4. The van der Waals surface area contributed by atoms with Gasteiger partial charge in [0.1, 0.15) is 11.7 Å². The molecule has 0 unspecified atom stereocenters. The summed E-state index contributed by atoms with van der Waals surface area (Å²) in [7, 11) is -2.43. The molecule has 1 aliphatic rings. The Morgan fingerprint density at radius 2 is 1.87 bits per heavy atom. The van der Waals surface area contributed by atoms with E-state index in [0.717, 1.165) is 11.0 Å². The Balaban J connectivity index is 2.10. The largest absolute Gasteiger partial charge is 0.497 e. The van der Waals surface area contributed by atoms with Gasteiger partial charge in [-0.3, -0.25) is 4.79 Å². The minimum atomic E-state index is -3.94. The molecule has 8 nitrogen and oxygen atoms in total. The first-order valence-corrected chi connectivity index (χ1v) is 11.2. The van der Waals surface area contributed by atoms with Crippen LogP contribution >= 0.6 is 0 Å². The van der Waals surface area contributed by atoms with Gasteiger partial charge in [0.25, 0.3) is 0 Å². The summed E-state index contributed by atoms with van der Waals surface area (Å²) in [5.41, 5.74) is 1.42. The highest BCUT2D eigenvalue weighted by molar-refractivity contribution is 7.94. The number of carbonyl (C=O) groups excluding carboxylic acids is 2. The molecular weight excluding hydrogens is 420 g/mol. The number of nitrogens with one attached hydrogen (secondary N) is 2. The molecule has 2 amide bonds. The van der Waals surface area contributed by atoms with Crippen LogP contribution in [0, 0.1) is 12.8 Å². The molecule has 1 heterocycles. The van der Waals surface area contributed by atoms with Crippen molar-refractivity contribution < 1.29 is 27.5 Å². The third-order valence-corrected chi connectivity index (χ3v) is 6.33. The van der Waals surface area contributed by atoms with Crippen LogP contribution in [0.15, 0.2) is 64.5 Å². The number of ether oxygens (including phenoxy) is 2. The lowest BCUT2D eigenvalue weighted by Gasteiger charge is -2.33. The molecule has 3 rings (SSSR count). The van der Waals surface area contributed by atoms with Gasteiger partial charge in [0.05, 0.1) is 30.1 Å². The highest BCUT2D eigenvalue weighted by Gasteiger charge is 2.40. The summed E-state index contributed by atoms with van der Waals surface area (Å²) in [6.07, 6.45) is 0. The van der Waals surface area contributed by atoms with Gasteiger partial charge in [-0.15, -0.1) is 0 Å². The molecule has 1 fully saturated rings. The molecule has 2 N–H and O–H groups in total. The number of esters is 1. The van der Waals surface area contributed by atoms with Crippen molar-refractivity contribution >= 4 is 21.8 Å². The van der Waals surface area contributed by atoms with Crippen molar-refractivity contribution in [2.75, 3.05) is 13.7 Å². The van der Waals surface area contributed by atoms with Crippen molar-refractivity contribution in [3.63, 3.8) is 0 Å². The number of methoxy groups -OCH3 is 1. The van der Waals surface area contributed by atoms with Gasteiger partial charge in [-0.2, -0.15) is 0 Å². The molecule has 9 heteroatoms. The number of amides is 2. The second-order valence-corrected chi connectivity index (χ2v) is 8.81. The molecule has 2 aromatic rings. The van der Waals surface area contributed by atoms with Crippen molar-refractivity contribution in [3.05, 3.63) is 70.8 Å². The summed E-state index contributed by atoms with van der Waals surface area (Å²) in [4.78, 5) is 25.3. The van der Waals surface area contributed by atoms with E-state index in [9.17, 15) is 18.0 Å². The Labute approximate surface area is 181 Å².